The van der Waals surface area contributed by atoms with Crippen LogP contribution in [0.3, 0.4) is 0 Å². The lowest BCUT2D eigenvalue weighted by atomic mass is 10.0. The highest BCUT2D eigenvalue weighted by Crippen LogP contribution is 2.24. The Kier molecular flexibility index (Phi) is 9.17. The molecule has 0 amide bonds. The number of rotatable bonds is 11. The molecule has 0 radical (unpaired) electrons. The topological polar surface area (TPSA) is 54.3 Å². The van der Waals surface area contributed by atoms with E-state index >= 15 is 0 Å². The molecule has 7 heteroatoms. The molecule has 0 saturated carbocycles. The van der Waals surface area contributed by atoms with Crippen molar-refractivity contribution < 1.29 is 14.7 Å². The van der Waals surface area contributed by atoms with Gasteiger partial charge in [-0.15, -0.1) is 0 Å². The normalized spacial score (nSPS) is 17.1. The second-order valence-electron chi connectivity index (χ2n) is 8.36. The number of nitrogens with zero attached hydrogens (tertiary/aromatic N) is 2. The summed E-state index contributed by atoms with van der Waals surface area (Å²) in [7, 11) is 0. The lowest BCUT2D eigenvalue weighted by Crippen LogP contribution is -2.39. The van der Waals surface area contributed by atoms with Crippen molar-refractivity contribution in [2.24, 2.45) is 11.1 Å². The van der Waals surface area contributed by atoms with Crippen LogP contribution >= 0.6 is 23.2 Å². The third-order valence-corrected chi connectivity index (χ3v) is 5.47. The monoisotopic (exact) mass is 464 g/mol. The molecular weight excluding hydrogens is 435 g/mol. The van der Waals surface area contributed by atoms with Crippen LogP contribution in [0.4, 0.5) is 0 Å². The van der Waals surface area contributed by atoms with E-state index in [9.17, 15) is 5.11 Å². The maximum Gasteiger partial charge on any atom is 0.145 e. The summed E-state index contributed by atoms with van der Waals surface area (Å²) in [5.74, 6) is 0.432. The minimum Gasteiger partial charge on any atom is -0.390 e. The third kappa shape index (κ3) is 7.78. The fraction of sp³-hybridized carbons (Fsp3) is 0.458. The largest absolute Gasteiger partial charge is 0.390 e. The summed E-state index contributed by atoms with van der Waals surface area (Å²) < 4.78 is 5.62. The van der Waals surface area contributed by atoms with Gasteiger partial charge in [0.2, 0.25) is 0 Å². The first-order valence-electron chi connectivity index (χ1n) is 10.6. The highest BCUT2D eigenvalue weighted by Gasteiger charge is 2.26. The lowest BCUT2D eigenvalue weighted by Gasteiger charge is -2.27. The lowest BCUT2D eigenvalue weighted by molar-refractivity contribution is -0.00734. The zero-order valence-corrected chi connectivity index (χ0v) is 19.5. The standard InChI is InChI=1S/C24H30Cl2N2O3/c1-17(2)15-30-16-20(29)13-28(12-18-6-5-7-19(25)10-18)14-21-11-24(27-31-21)22-8-3-4-9-23(22)26/h3-10,17,20-21,29H,11-16H2,1-2H3. The van der Waals surface area contributed by atoms with Gasteiger partial charge in [0.05, 0.1) is 18.4 Å². The molecule has 0 aliphatic carbocycles. The van der Waals surface area contributed by atoms with Crippen LogP contribution in [0.25, 0.3) is 0 Å². The molecule has 31 heavy (non-hydrogen) atoms. The van der Waals surface area contributed by atoms with Crippen LogP contribution in [0.5, 0.6) is 0 Å². The Morgan fingerprint density at radius 1 is 1.16 bits per heavy atom. The molecule has 1 heterocycles. The van der Waals surface area contributed by atoms with E-state index in [1.165, 1.54) is 0 Å². The fourth-order valence-corrected chi connectivity index (χ4v) is 4.01. The van der Waals surface area contributed by atoms with E-state index in [1.807, 2.05) is 48.5 Å². The zero-order chi connectivity index (χ0) is 22.2. The minimum atomic E-state index is -0.594. The molecule has 1 aliphatic heterocycles. The first-order chi connectivity index (χ1) is 14.9. The molecule has 1 N–H and O–H groups in total. The average Bonchev–Trinajstić information content (AvgIpc) is 3.16. The number of aliphatic hydroxyl groups is 1. The van der Waals surface area contributed by atoms with Crippen molar-refractivity contribution in [1.82, 2.24) is 4.90 Å². The van der Waals surface area contributed by atoms with E-state index in [1.54, 1.807) is 0 Å². The third-order valence-electron chi connectivity index (χ3n) is 4.91. The number of benzene rings is 2. The van der Waals surface area contributed by atoms with Gasteiger partial charge >= 0.3 is 0 Å². The Morgan fingerprint density at radius 3 is 2.71 bits per heavy atom. The van der Waals surface area contributed by atoms with Crippen molar-refractivity contribution in [3.05, 3.63) is 69.7 Å². The van der Waals surface area contributed by atoms with Crippen LogP contribution in [-0.4, -0.2) is 54.2 Å². The molecule has 2 aromatic rings. The molecule has 0 spiro atoms. The molecule has 2 unspecified atom stereocenters. The average molecular weight is 465 g/mol. The van der Waals surface area contributed by atoms with Gasteiger partial charge in [-0.25, -0.2) is 0 Å². The van der Waals surface area contributed by atoms with Gasteiger partial charge in [0.15, 0.2) is 0 Å². The number of ether oxygens (including phenoxy) is 1. The first kappa shape index (κ1) is 24.0. The zero-order valence-electron chi connectivity index (χ0n) is 18.0. The minimum absolute atomic E-state index is 0.116. The summed E-state index contributed by atoms with van der Waals surface area (Å²) in [6.07, 6.45) is -0.0482. The van der Waals surface area contributed by atoms with Crippen LogP contribution in [0, 0.1) is 5.92 Å². The van der Waals surface area contributed by atoms with Crippen molar-refractivity contribution in [3.63, 3.8) is 0 Å². The highest BCUT2D eigenvalue weighted by molar-refractivity contribution is 6.34. The summed E-state index contributed by atoms with van der Waals surface area (Å²) in [6, 6.07) is 15.4. The Bertz CT molecular complexity index is 875. The van der Waals surface area contributed by atoms with Crippen LogP contribution in [-0.2, 0) is 16.1 Å². The summed E-state index contributed by atoms with van der Waals surface area (Å²) in [6.45, 7) is 6.83. The Hall–Kier alpha value is -1.63. The second-order valence-corrected chi connectivity index (χ2v) is 9.20. The number of hydrogen-bond donors (Lipinski definition) is 1. The van der Waals surface area contributed by atoms with E-state index in [-0.39, 0.29) is 6.10 Å². The molecule has 0 aromatic heterocycles. The molecular formula is C24H30Cl2N2O3. The van der Waals surface area contributed by atoms with Crippen molar-refractivity contribution in [2.45, 2.75) is 39.0 Å². The molecule has 168 valence electrons. The Morgan fingerprint density at radius 2 is 1.97 bits per heavy atom. The summed E-state index contributed by atoms with van der Waals surface area (Å²) in [5, 5.41) is 16.2. The van der Waals surface area contributed by atoms with Crippen molar-refractivity contribution in [2.75, 3.05) is 26.3 Å². The molecule has 0 saturated heterocycles. The van der Waals surface area contributed by atoms with Gasteiger partial charge < -0.3 is 14.7 Å². The van der Waals surface area contributed by atoms with Crippen LogP contribution < -0.4 is 0 Å². The molecule has 2 atom stereocenters. The molecule has 5 nitrogen and oxygen atoms in total. The number of aliphatic hydroxyl groups excluding tert-OH is 1. The van der Waals surface area contributed by atoms with E-state index < -0.39 is 6.10 Å². The maximum atomic E-state index is 10.5. The Labute approximate surface area is 194 Å². The Balaban J connectivity index is 1.61. The smallest absolute Gasteiger partial charge is 0.145 e. The molecule has 3 rings (SSSR count). The molecule has 1 aliphatic rings. The first-order valence-corrected chi connectivity index (χ1v) is 11.4. The van der Waals surface area contributed by atoms with Crippen molar-refractivity contribution >= 4 is 28.9 Å². The van der Waals surface area contributed by atoms with Gasteiger partial charge in [0.25, 0.3) is 0 Å². The second kappa shape index (κ2) is 11.8. The fourth-order valence-electron chi connectivity index (χ4n) is 3.56. The summed E-state index contributed by atoms with van der Waals surface area (Å²) in [4.78, 5) is 7.87. The molecule has 0 bridgehead atoms. The van der Waals surface area contributed by atoms with Gasteiger partial charge in [-0.2, -0.15) is 0 Å². The summed E-state index contributed by atoms with van der Waals surface area (Å²) in [5.41, 5.74) is 2.82. The quantitative estimate of drug-likeness (QED) is 0.506. The predicted molar refractivity (Wildman–Crippen MR) is 126 cm³/mol. The SMILES string of the molecule is CC(C)COCC(O)CN(Cc1cccc(Cl)c1)CC1CC(c2ccccc2Cl)=NO1. The van der Waals surface area contributed by atoms with E-state index in [0.29, 0.717) is 55.2 Å². The van der Waals surface area contributed by atoms with Gasteiger partial charge in [0.1, 0.15) is 6.10 Å². The number of hydrogen-bond acceptors (Lipinski definition) is 5. The number of halogens is 2. The highest BCUT2D eigenvalue weighted by atomic mass is 35.5. The maximum absolute atomic E-state index is 10.5. The van der Waals surface area contributed by atoms with Crippen molar-refractivity contribution in [3.8, 4) is 0 Å². The number of oxime groups is 1. The van der Waals surface area contributed by atoms with E-state index in [4.69, 9.17) is 32.8 Å². The molecule has 0 fully saturated rings. The summed E-state index contributed by atoms with van der Waals surface area (Å²) >= 11 is 12.5. The van der Waals surface area contributed by atoms with E-state index in [0.717, 1.165) is 16.8 Å². The van der Waals surface area contributed by atoms with Gasteiger partial charge in [0, 0.05) is 48.3 Å². The van der Waals surface area contributed by atoms with Crippen LogP contribution in [0.1, 0.15) is 31.4 Å². The van der Waals surface area contributed by atoms with Crippen LogP contribution in [0.15, 0.2) is 53.7 Å². The van der Waals surface area contributed by atoms with Gasteiger partial charge in [-0.1, -0.05) is 72.5 Å². The van der Waals surface area contributed by atoms with E-state index in [2.05, 4.69) is 23.9 Å². The predicted octanol–water partition coefficient (Wildman–Crippen LogP) is 5.02. The van der Waals surface area contributed by atoms with Gasteiger partial charge in [-0.3, -0.25) is 4.90 Å². The van der Waals surface area contributed by atoms with Crippen molar-refractivity contribution in [1.29, 1.82) is 0 Å². The van der Waals surface area contributed by atoms with Crippen LogP contribution in [0.2, 0.25) is 10.0 Å². The molecule has 2 aromatic carbocycles. The van der Waals surface area contributed by atoms with Gasteiger partial charge in [-0.05, 0) is 29.7 Å².